The van der Waals surface area contributed by atoms with Gasteiger partial charge in [0.15, 0.2) is 0 Å². The highest BCUT2D eigenvalue weighted by Gasteiger charge is 2.44. The topological polar surface area (TPSA) is 102 Å². The number of hydrogen-bond acceptors (Lipinski definition) is 6. The van der Waals surface area contributed by atoms with Crippen LogP contribution in [0.25, 0.3) is 0 Å². The van der Waals surface area contributed by atoms with Crippen LogP contribution in [-0.2, 0) is 14.9 Å². The predicted octanol–water partition coefficient (Wildman–Crippen LogP) is 2.56. The highest BCUT2D eigenvalue weighted by molar-refractivity contribution is 7.90. The number of nitro benzene ring substituents is 1. The van der Waals surface area contributed by atoms with Gasteiger partial charge in [0.25, 0.3) is 5.69 Å². The van der Waals surface area contributed by atoms with Crippen LogP contribution in [0, 0.1) is 10.1 Å². The molecule has 0 spiro atoms. The van der Waals surface area contributed by atoms with Crippen LogP contribution < -0.4 is 4.72 Å². The fraction of sp³-hybridized carbons (Fsp3) is 0.333. The Balaban J connectivity index is 1.87. The van der Waals surface area contributed by atoms with Gasteiger partial charge in [-0.05, 0) is 18.1 Å². The lowest BCUT2D eigenvalue weighted by Crippen LogP contribution is -2.40. The fourth-order valence-electron chi connectivity index (χ4n) is 3.25. The minimum atomic E-state index is -3.76. The van der Waals surface area contributed by atoms with Gasteiger partial charge in [-0.1, -0.05) is 42.5 Å². The molecule has 9 heteroatoms. The van der Waals surface area contributed by atoms with Crippen molar-refractivity contribution in [3.63, 3.8) is 0 Å². The summed E-state index contributed by atoms with van der Waals surface area (Å²) in [5.41, 5.74) is 1.28. The van der Waals surface area contributed by atoms with E-state index in [-0.39, 0.29) is 12.3 Å². The van der Waals surface area contributed by atoms with Crippen molar-refractivity contribution >= 4 is 15.7 Å². The molecule has 0 aliphatic carbocycles. The summed E-state index contributed by atoms with van der Waals surface area (Å²) in [5.74, 6) is 0. The molecule has 0 bridgehead atoms. The van der Waals surface area contributed by atoms with E-state index in [2.05, 4.69) is 4.72 Å². The van der Waals surface area contributed by atoms with Gasteiger partial charge in [0.1, 0.15) is 5.25 Å². The van der Waals surface area contributed by atoms with Crippen molar-refractivity contribution in [1.29, 1.82) is 0 Å². The van der Waals surface area contributed by atoms with E-state index in [9.17, 15) is 18.5 Å². The second kappa shape index (κ2) is 7.73. The number of benzene rings is 2. The molecule has 0 saturated carbocycles. The first kappa shape index (κ1) is 19.4. The van der Waals surface area contributed by atoms with Crippen LogP contribution in [0.5, 0.6) is 0 Å². The summed E-state index contributed by atoms with van der Waals surface area (Å²) >= 11 is 0. The zero-order valence-electron chi connectivity index (χ0n) is 15.0. The molecular weight excluding hydrogens is 370 g/mol. The van der Waals surface area contributed by atoms with E-state index in [1.807, 2.05) is 30.3 Å². The summed E-state index contributed by atoms with van der Waals surface area (Å²) in [6.07, 6.45) is 0. The summed E-state index contributed by atoms with van der Waals surface area (Å²) < 4.78 is 28.7. The second-order valence-corrected chi connectivity index (χ2v) is 8.40. The van der Waals surface area contributed by atoms with Gasteiger partial charge in [0.05, 0.1) is 17.6 Å². The Bertz CT molecular complexity index is 920. The highest BCUT2D eigenvalue weighted by atomic mass is 32.2. The molecule has 1 heterocycles. The summed E-state index contributed by atoms with van der Waals surface area (Å²) in [5, 5.41) is 11.6. The zero-order valence-corrected chi connectivity index (χ0v) is 15.8. The van der Waals surface area contributed by atoms with Crippen LogP contribution in [0.15, 0.2) is 54.6 Å². The Morgan fingerprint density at radius 1 is 1.22 bits per heavy atom. The largest absolute Gasteiger partial charge is 0.297 e. The third-order valence-electron chi connectivity index (χ3n) is 4.65. The van der Waals surface area contributed by atoms with E-state index < -0.39 is 32.3 Å². The van der Waals surface area contributed by atoms with Gasteiger partial charge >= 0.3 is 0 Å². The molecular formula is C18H21N3O5S. The van der Waals surface area contributed by atoms with Gasteiger partial charge < -0.3 is 0 Å². The molecule has 1 fully saturated rings. The van der Waals surface area contributed by atoms with Crippen molar-refractivity contribution in [3.05, 3.63) is 75.8 Å². The fourth-order valence-corrected chi connectivity index (χ4v) is 4.96. The van der Waals surface area contributed by atoms with E-state index in [1.165, 1.54) is 17.2 Å². The van der Waals surface area contributed by atoms with Crippen molar-refractivity contribution in [1.82, 2.24) is 9.79 Å². The minimum Gasteiger partial charge on any atom is -0.297 e. The van der Waals surface area contributed by atoms with Crippen LogP contribution in [0.1, 0.15) is 30.1 Å². The molecule has 0 aromatic heterocycles. The number of sulfonamides is 1. The number of hydroxylamine groups is 2. The molecule has 0 radical (unpaired) electrons. The Hall–Kier alpha value is -2.33. The van der Waals surface area contributed by atoms with Gasteiger partial charge in [-0.25, -0.2) is 13.1 Å². The molecule has 3 atom stereocenters. The van der Waals surface area contributed by atoms with Crippen LogP contribution >= 0.6 is 0 Å². The lowest BCUT2D eigenvalue weighted by atomic mass is 10.0. The third kappa shape index (κ3) is 4.16. The van der Waals surface area contributed by atoms with E-state index in [0.29, 0.717) is 5.56 Å². The van der Waals surface area contributed by atoms with E-state index in [0.717, 1.165) is 5.56 Å². The average molecular weight is 391 g/mol. The Morgan fingerprint density at radius 3 is 2.59 bits per heavy atom. The molecule has 2 aromatic rings. The van der Waals surface area contributed by atoms with Gasteiger partial charge in [-0.15, -0.1) is 0 Å². The Morgan fingerprint density at radius 2 is 1.93 bits per heavy atom. The number of nitro groups is 1. The first-order valence-corrected chi connectivity index (χ1v) is 10.0. The third-order valence-corrected chi connectivity index (χ3v) is 6.52. The highest BCUT2D eigenvalue weighted by Crippen LogP contribution is 2.35. The minimum absolute atomic E-state index is 0.0271. The van der Waals surface area contributed by atoms with Crippen LogP contribution in [0.2, 0.25) is 0 Å². The van der Waals surface area contributed by atoms with Crippen LogP contribution in [-0.4, -0.2) is 37.3 Å². The van der Waals surface area contributed by atoms with Crippen LogP contribution in [0.3, 0.4) is 0 Å². The van der Waals surface area contributed by atoms with E-state index in [4.69, 9.17) is 4.84 Å². The maximum absolute atomic E-state index is 13.0. The molecule has 27 heavy (non-hydrogen) atoms. The lowest BCUT2D eigenvalue weighted by molar-refractivity contribution is -0.385. The standard InChI is InChI=1S/C18H21N3O5S/c1-13(14-7-4-3-5-8-14)19-27(24,25)17-12-26-20(2)18(17)15-9-6-10-16(11-15)21(22)23/h3-11,13,17-19H,12H2,1-2H3/t13-,17+,18-/m0/s1. The van der Waals surface area contributed by atoms with Gasteiger partial charge in [-0.3, -0.25) is 15.0 Å². The quantitative estimate of drug-likeness (QED) is 0.600. The van der Waals surface area contributed by atoms with Crippen molar-refractivity contribution in [2.75, 3.05) is 13.7 Å². The number of rotatable bonds is 6. The second-order valence-electron chi connectivity index (χ2n) is 6.47. The van der Waals surface area contributed by atoms with Crippen LogP contribution in [0.4, 0.5) is 5.69 Å². The molecule has 2 aromatic carbocycles. The predicted molar refractivity (Wildman–Crippen MR) is 100 cm³/mol. The molecule has 1 aliphatic heterocycles. The molecule has 0 amide bonds. The Labute approximate surface area is 157 Å². The number of hydrogen-bond donors (Lipinski definition) is 1. The summed E-state index contributed by atoms with van der Waals surface area (Å²) in [6.45, 7) is 1.75. The SMILES string of the molecule is C[C@H](NS(=O)(=O)[C@@H]1CON(C)[C@H]1c1cccc([N+](=O)[O-])c1)c1ccccc1. The van der Waals surface area contributed by atoms with Crippen molar-refractivity contribution in [2.24, 2.45) is 0 Å². The molecule has 0 unspecified atom stereocenters. The molecule has 8 nitrogen and oxygen atoms in total. The first-order chi connectivity index (χ1) is 12.8. The van der Waals surface area contributed by atoms with Crippen molar-refractivity contribution in [2.45, 2.75) is 24.3 Å². The molecule has 3 rings (SSSR count). The van der Waals surface area contributed by atoms with E-state index in [1.54, 1.807) is 26.1 Å². The number of nitrogens with zero attached hydrogens (tertiary/aromatic N) is 2. The summed E-state index contributed by atoms with van der Waals surface area (Å²) in [4.78, 5) is 16.0. The van der Waals surface area contributed by atoms with Crippen molar-refractivity contribution in [3.8, 4) is 0 Å². The lowest BCUT2D eigenvalue weighted by Gasteiger charge is -2.24. The van der Waals surface area contributed by atoms with Gasteiger partial charge in [0.2, 0.25) is 10.0 Å². The smallest absolute Gasteiger partial charge is 0.269 e. The van der Waals surface area contributed by atoms with E-state index >= 15 is 0 Å². The monoisotopic (exact) mass is 391 g/mol. The molecule has 1 aliphatic rings. The summed E-state index contributed by atoms with van der Waals surface area (Å²) in [7, 11) is -2.13. The molecule has 144 valence electrons. The van der Waals surface area contributed by atoms with Crippen molar-refractivity contribution < 1.29 is 18.2 Å². The first-order valence-electron chi connectivity index (χ1n) is 8.46. The maximum Gasteiger partial charge on any atom is 0.269 e. The number of nitrogens with one attached hydrogen (secondary N) is 1. The van der Waals surface area contributed by atoms with Gasteiger partial charge in [0, 0.05) is 25.2 Å². The average Bonchev–Trinajstić information content (AvgIpc) is 3.04. The van der Waals surface area contributed by atoms with Gasteiger partial charge in [-0.2, -0.15) is 5.06 Å². The Kier molecular flexibility index (Phi) is 5.56. The summed E-state index contributed by atoms with van der Waals surface area (Å²) in [6, 6.07) is 14.2. The molecule has 1 N–H and O–H groups in total. The zero-order chi connectivity index (χ0) is 19.6. The number of non-ortho nitro benzene ring substituents is 1. The normalized spacial score (nSPS) is 21.9. The molecule has 1 saturated heterocycles. The maximum atomic E-state index is 13.0.